The van der Waals surface area contributed by atoms with Crippen LogP contribution in [0.15, 0.2) is 78.9 Å². The van der Waals surface area contributed by atoms with Gasteiger partial charge in [-0.3, -0.25) is 14.9 Å². The Balaban J connectivity index is 1.77. The van der Waals surface area contributed by atoms with Crippen LogP contribution in [0.5, 0.6) is 0 Å². The van der Waals surface area contributed by atoms with E-state index in [4.69, 9.17) is 11.6 Å². The van der Waals surface area contributed by atoms with Gasteiger partial charge in [0.05, 0.1) is 23.1 Å². The molecule has 0 bridgehead atoms. The number of rotatable bonds is 4. The van der Waals surface area contributed by atoms with Gasteiger partial charge in [-0.05, 0) is 29.3 Å². The number of nitriles is 2. The van der Waals surface area contributed by atoms with Crippen LogP contribution < -0.4 is 4.90 Å². The van der Waals surface area contributed by atoms with Crippen LogP contribution in [0.25, 0.3) is 6.08 Å². The van der Waals surface area contributed by atoms with Crippen molar-refractivity contribution in [3.05, 3.63) is 111 Å². The highest BCUT2D eigenvalue weighted by molar-refractivity contribution is 6.30. The third-order valence-electron chi connectivity index (χ3n) is 6.76. The number of hydrogen-bond donors (Lipinski definition) is 0. The second-order valence-electron chi connectivity index (χ2n) is 8.51. The average Bonchev–Trinajstić information content (AvgIpc) is 3.19. The molecule has 3 aromatic carbocycles. The first-order chi connectivity index (χ1) is 16.9. The Labute approximate surface area is 206 Å². The molecule has 3 atom stereocenters. The molecule has 170 valence electrons. The van der Waals surface area contributed by atoms with E-state index < -0.39 is 28.3 Å². The van der Waals surface area contributed by atoms with Crippen LogP contribution in [0.3, 0.4) is 0 Å². The van der Waals surface area contributed by atoms with Crippen molar-refractivity contribution in [3.8, 4) is 12.1 Å². The molecule has 35 heavy (non-hydrogen) atoms. The topological polar surface area (TPSA) is 111 Å². The zero-order chi connectivity index (χ0) is 24.7. The fourth-order valence-corrected chi connectivity index (χ4v) is 5.40. The number of nitro benzene ring substituents is 1. The van der Waals surface area contributed by atoms with Crippen LogP contribution in [0, 0.1) is 38.2 Å². The van der Waals surface area contributed by atoms with Crippen molar-refractivity contribution in [2.75, 3.05) is 4.90 Å². The molecule has 0 aliphatic carbocycles. The minimum atomic E-state index is -1.63. The Morgan fingerprint density at radius 2 is 1.71 bits per heavy atom. The number of ketones is 1. The molecule has 2 aliphatic heterocycles. The Morgan fingerprint density at radius 1 is 1.03 bits per heavy atom. The summed E-state index contributed by atoms with van der Waals surface area (Å²) >= 11 is 6.21. The Hall–Kier alpha value is -4.46. The number of fused-ring (bicyclic) bond motifs is 3. The minimum Gasteiger partial charge on any atom is -0.351 e. The monoisotopic (exact) mass is 480 g/mol. The number of halogens is 1. The number of Topliss-reactive ketones (excluding diaryl/α,β-unsaturated/α-hetero) is 1. The van der Waals surface area contributed by atoms with E-state index in [2.05, 4.69) is 12.1 Å². The summed E-state index contributed by atoms with van der Waals surface area (Å²) in [6.07, 6.45) is 3.58. The van der Waals surface area contributed by atoms with Gasteiger partial charge in [0.15, 0.2) is 11.2 Å². The van der Waals surface area contributed by atoms with E-state index in [0.717, 1.165) is 5.56 Å². The number of carbonyl (C=O) groups is 1. The zero-order valence-electron chi connectivity index (χ0n) is 18.2. The molecule has 1 fully saturated rings. The number of benzene rings is 3. The smallest absolute Gasteiger partial charge is 0.269 e. The van der Waals surface area contributed by atoms with Crippen molar-refractivity contribution in [1.29, 1.82) is 10.5 Å². The molecule has 8 heteroatoms. The maximum atomic E-state index is 14.0. The molecular formula is C27H17ClN4O3. The summed E-state index contributed by atoms with van der Waals surface area (Å²) in [5.74, 6) is -1.12. The number of hydrogen-bond acceptors (Lipinski definition) is 6. The highest BCUT2D eigenvalue weighted by Crippen LogP contribution is 2.55. The Bertz CT molecular complexity index is 1440. The summed E-state index contributed by atoms with van der Waals surface area (Å²) in [4.78, 5) is 26.6. The lowest BCUT2D eigenvalue weighted by molar-refractivity contribution is -0.384. The maximum Gasteiger partial charge on any atom is 0.269 e. The van der Waals surface area contributed by atoms with Gasteiger partial charge in [0.2, 0.25) is 0 Å². The second kappa shape index (κ2) is 8.39. The van der Waals surface area contributed by atoms with Gasteiger partial charge in [-0.15, -0.1) is 0 Å². The van der Waals surface area contributed by atoms with Gasteiger partial charge in [-0.25, -0.2) is 0 Å². The highest BCUT2D eigenvalue weighted by atomic mass is 35.5. The predicted octanol–water partition coefficient (Wildman–Crippen LogP) is 5.53. The molecule has 2 aliphatic rings. The first-order valence-electron chi connectivity index (χ1n) is 10.8. The standard InChI is InChI=1S/C27H17ClN4O3/c28-20-9-12-22-19(14-20)8-13-23-27(15-29,16-30)24(17-6-10-21(11-7-17)32(34)35)25(31(22)23)26(33)18-4-2-1-3-5-18/h1-14,23-25H/t23-,24+,25+/m0/s1. The minimum absolute atomic E-state index is 0.116. The van der Waals surface area contributed by atoms with Gasteiger partial charge in [0.25, 0.3) is 5.69 Å². The Morgan fingerprint density at radius 3 is 2.34 bits per heavy atom. The molecule has 0 aromatic heterocycles. The molecule has 2 heterocycles. The van der Waals surface area contributed by atoms with E-state index in [0.29, 0.717) is 21.8 Å². The SMILES string of the molecule is N#CC1(C#N)[C@H](c2ccc([N+](=O)[O-])cc2)[C@H](C(=O)c2ccccc2)N2c3ccc(Cl)cc3C=C[C@H]21. The molecule has 0 N–H and O–H groups in total. The van der Waals surface area contributed by atoms with Crippen LogP contribution >= 0.6 is 11.6 Å². The van der Waals surface area contributed by atoms with Crippen molar-refractivity contribution >= 4 is 34.8 Å². The van der Waals surface area contributed by atoms with E-state index >= 15 is 0 Å². The molecule has 0 saturated carbocycles. The van der Waals surface area contributed by atoms with Crippen LogP contribution in [0.2, 0.25) is 5.02 Å². The molecule has 1 saturated heterocycles. The molecular weight excluding hydrogens is 464 g/mol. The molecule has 0 radical (unpaired) electrons. The van der Waals surface area contributed by atoms with Crippen LogP contribution in [0.1, 0.15) is 27.4 Å². The molecule has 0 spiro atoms. The van der Waals surface area contributed by atoms with Crippen molar-refractivity contribution in [1.82, 2.24) is 0 Å². The summed E-state index contributed by atoms with van der Waals surface area (Å²) in [5, 5.41) is 32.6. The third-order valence-corrected chi connectivity index (χ3v) is 6.99. The molecule has 0 amide bonds. The summed E-state index contributed by atoms with van der Waals surface area (Å²) in [7, 11) is 0. The van der Waals surface area contributed by atoms with Crippen molar-refractivity contribution < 1.29 is 9.72 Å². The van der Waals surface area contributed by atoms with E-state index in [1.165, 1.54) is 24.3 Å². The number of non-ortho nitro benzene ring substituents is 1. The van der Waals surface area contributed by atoms with Crippen molar-refractivity contribution in [3.63, 3.8) is 0 Å². The van der Waals surface area contributed by atoms with Gasteiger partial charge in [0.1, 0.15) is 6.04 Å². The second-order valence-corrected chi connectivity index (χ2v) is 8.94. The summed E-state index contributed by atoms with van der Waals surface area (Å²) in [5.41, 5.74) is 0.671. The lowest BCUT2D eigenvalue weighted by Gasteiger charge is -2.35. The maximum absolute atomic E-state index is 14.0. The van der Waals surface area contributed by atoms with Crippen molar-refractivity contribution in [2.24, 2.45) is 5.41 Å². The van der Waals surface area contributed by atoms with Gasteiger partial charge in [-0.2, -0.15) is 10.5 Å². The van der Waals surface area contributed by atoms with E-state index in [1.54, 1.807) is 54.6 Å². The van der Waals surface area contributed by atoms with Gasteiger partial charge in [0, 0.05) is 34.3 Å². The quantitative estimate of drug-likeness (QED) is 0.275. The van der Waals surface area contributed by atoms with E-state index in [9.17, 15) is 25.4 Å². The molecule has 3 aromatic rings. The fraction of sp³-hybridized carbons (Fsp3) is 0.148. The fourth-order valence-electron chi connectivity index (χ4n) is 5.21. The number of anilines is 1. The summed E-state index contributed by atoms with van der Waals surface area (Å²) in [6.45, 7) is 0. The first-order valence-corrected chi connectivity index (χ1v) is 11.2. The molecule has 7 nitrogen and oxygen atoms in total. The lowest BCUT2D eigenvalue weighted by atomic mass is 9.69. The van der Waals surface area contributed by atoms with E-state index in [-0.39, 0.29) is 11.5 Å². The van der Waals surface area contributed by atoms with Gasteiger partial charge < -0.3 is 4.90 Å². The average molecular weight is 481 g/mol. The highest BCUT2D eigenvalue weighted by Gasteiger charge is 2.63. The van der Waals surface area contributed by atoms with Crippen molar-refractivity contribution in [2.45, 2.75) is 18.0 Å². The Kier molecular flexibility index (Phi) is 5.36. The zero-order valence-corrected chi connectivity index (χ0v) is 19.0. The number of nitrogens with zero attached hydrogens (tertiary/aromatic N) is 4. The molecule has 5 rings (SSSR count). The normalized spacial score (nSPS) is 21.3. The summed E-state index contributed by atoms with van der Waals surface area (Å²) < 4.78 is 0. The first kappa shape index (κ1) is 22.3. The van der Waals surface area contributed by atoms with Crippen LogP contribution in [0.4, 0.5) is 11.4 Å². The molecule has 0 unspecified atom stereocenters. The summed E-state index contributed by atoms with van der Waals surface area (Å²) in [6, 6.07) is 22.5. The largest absolute Gasteiger partial charge is 0.351 e. The van der Waals surface area contributed by atoms with Crippen LogP contribution in [-0.2, 0) is 0 Å². The third kappa shape index (κ3) is 3.37. The lowest BCUT2D eigenvalue weighted by Crippen LogP contribution is -2.44. The predicted molar refractivity (Wildman–Crippen MR) is 131 cm³/mol. The van der Waals surface area contributed by atoms with Gasteiger partial charge >= 0.3 is 0 Å². The van der Waals surface area contributed by atoms with Gasteiger partial charge in [-0.1, -0.05) is 66.2 Å². The van der Waals surface area contributed by atoms with Crippen LogP contribution in [-0.4, -0.2) is 22.8 Å². The van der Waals surface area contributed by atoms with E-state index in [1.807, 2.05) is 11.0 Å². The number of carbonyl (C=O) groups excluding carboxylic acids is 1. The number of nitro groups is 1.